The molecule has 0 aliphatic rings. The fraction of sp³-hybridized carbons (Fsp3) is 0.222. The van der Waals surface area contributed by atoms with Crippen molar-refractivity contribution in [2.75, 3.05) is 0 Å². The van der Waals surface area contributed by atoms with Gasteiger partial charge in [0.15, 0.2) is 0 Å². The molecule has 2 rings (SSSR count). The molecule has 0 N–H and O–H groups in total. The molecule has 0 aliphatic heterocycles. The van der Waals surface area contributed by atoms with Gasteiger partial charge in [-0.2, -0.15) is 21.0 Å². The van der Waals surface area contributed by atoms with E-state index < -0.39 is 0 Å². The van der Waals surface area contributed by atoms with Gasteiger partial charge in [-0.3, -0.25) is 0 Å². The second-order valence-electron chi connectivity index (χ2n) is 4.78. The summed E-state index contributed by atoms with van der Waals surface area (Å²) in [6.07, 6.45) is 1.49. The molecule has 0 aliphatic carbocycles. The van der Waals surface area contributed by atoms with Crippen LogP contribution in [-0.2, 0) is 12.8 Å². The summed E-state index contributed by atoms with van der Waals surface area (Å²) in [6, 6.07) is 11.6. The minimum Gasteiger partial charge on any atom is -0.192 e. The molecule has 4 heteroatoms. The molecule has 0 saturated carbocycles. The predicted octanol–water partition coefficient (Wildman–Crippen LogP) is 3.45. The van der Waals surface area contributed by atoms with Crippen LogP contribution in [0.2, 0.25) is 0 Å². The maximum atomic E-state index is 9.52. The lowest BCUT2D eigenvalue weighted by molar-refractivity contribution is 1.05. The average molecular weight is 284 g/mol. The molecule has 104 valence electrons. The summed E-state index contributed by atoms with van der Waals surface area (Å²) < 4.78 is 0. The Hall–Kier alpha value is -3.34. The molecule has 4 nitrogen and oxygen atoms in total. The topological polar surface area (TPSA) is 95.2 Å². The first-order valence-corrected chi connectivity index (χ1v) is 6.93. The summed E-state index contributed by atoms with van der Waals surface area (Å²) in [4.78, 5) is 0. The first-order valence-electron chi connectivity index (χ1n) is 6.93. The zero-order valence-electron chi connectivity index (χ0n) is 12.4. The van der Waals surface area contributed by atoms with Crippen LogP contribution >= 0.6 is 0 Å². The van der Waals surface area contributed by atoms with E-state index in [2.05, 4.69) is 6.07 Å². The van der Waals surface area contributed by atoms with Gasteiger partial charge in [0.05, 0.1) is 22.3 Å². The van der Waals surface area contributed by atoms with Crippen LogP contribution in [0.4, 0.5) is 0 Å². The number of rotatable bonds is 2. The van der Waals surface area contributed by atoms with Gasteiger partial charge in [-0.05, 0) is 24.0 Å². The fourth-order valence-corrected chi connectivity index (χ4v) is 2.88. The largest absolute Gasteiger partial charge is 0.192 e. The second-order valence-corrected chi connectivity index (χ2v) is 4.78. The summed E-state index contributed by atoms with van der Waals surface area (Å²) >= 11 is 0. The van der Waals surface area contributed by atoms with E-state index in [1.54, 1.807) is 6.07 Å². The van der Waals surface area contributed by atoms with E-state index in [0.717, 1.165) is 17.5 Å². The van der Waals surface area contributed by atoms with E-state index in [9.17, 15) is 21.0 Å². The minimum absolute atomic E-state index is 0.00277. The highest BCUT2D eigenvalue weighted by Crippen LogP contribution is 2.34. The first-order chi connectivity index (χ1) is 10.7. The van der Waals surface area contributed by atoms with Gasteiger partial charge in [0, 0.05) is 10.8 Å². The highest BCUT2D eigenvalue weighted by molar-refractivity contribution is 5.99. The smallest absolute Gasteiger partial charge is 0.102 e. The summed E-state index contributed by atoms with van der Waals surface area (Å²) in [6.45, 7) is 4.00. The van der Waals surface area contributed by atoms with Crippen LogP contribution in [0.5, 0.6) is 0 Å². The zero-order chi connectivity index (χ0) is 16.3. The number of nitrogens with zero attached hydrogens (tertiary/aromatic N) is 4. The van der Waals surface area contributed by atoms with Crippen LogP contribution in [-0.4, -0.2) is 0 Å². The van der Waals surface area contributed by atoms with Crippen molar-refractivity contribution in [3.05, 3.63) is 45.5 Å². The number of nitriles is 4. The Labute approximate surface area is 129 Å². The number of benzene rings is 2. The van der Waals surface area contributed by atoms with Gasteiger partial charge >= 0.3 is 0 Å². The summed E-state index contributed by atoms with van der Waals surface area (Å²) in [5.41, 5.74) is 2.40. The number of fused-ring (bicyclic) bond motifs is 1. The molecule has 2 aromatic rings. The molecular formula is C18H12N4. The molecule has 0 amide bonds. The van der Waals surface area contributed by atoms with Crippen molar-refractivity contribution in [3.63, 3.8) is 0 Å². The van der Waals surface area contributed by atoms with Crippen molar-refractivity contribution < 1.29 is 0 Å². The third-order valence-electron chi connectivity index (χ3n) is 3.86. The predicted molar refractivity (Wildman–Crippen MR) is 81.6 cm³/mol. The van der Waals surface area contributed by atoms with Crippen LogP contribution in [0.3, 0.4) is 0 Å². The van der Waals surface area contributed by atoms with Crippen molar-refractivity contribution in [1.29, 1.82) is 21.0 Å². The fourth-order valence-electron chi connectivity index (χ4n) is 2.88. The normalized spacial score (nSPS) is 9.55. The molecule has 0 unspecified atom stereocenters. The van der Waals surface area contributed by atoms with E-state index in [1.807, 2.05) is 38.1 Å². The van der Waals surface area contributed by atoms with Crippen molar-refractivity contribution in [2.24, 2.45) is 0 Å². The van der Waals surface area contributed by atoms with Gasteiger partial charge < -0.3 is 0 Å². The SMILES string of the molecule is CCc1ccc2c(C#N)c(C#N)c(C#N)c(C#N)c2c1CC. The molecule has 0 heterocycles. The van der Waals surface area contributed by atoms with Crippen LogP contribution in [0.1, 0.15) is 47.2 Å². The van der Waals surface area contributed by atoms with Crippen molar-refractivity contribution in [1.82, 2.24) is 0 Å². The lowest BCUT2D eigenvalue weighted by Gasteiger charge is -2.14. The van der Waals surface area contributed by atoms with Crippen molar-refractivity contribution >= 4 is 10.8 Å². The molecule has 2 aromatic carbocycles. The maximum Gasteiger partial charge on any atom is 0.102 e. The van der Waals surface area contributed by atoms with Crippen LogP contribution in [0.15, 0.2) is 12.1 Å². The average Bonchev–Trinajstić information content (AvgIpc) is 2.57. The van der Waals surface area contributed by atoms with Gasteiger partial charge in [-0.1, -0.05) is 26.0 Å². The Morgan fingerprint density at radius 1 is 0.727 bits per heavy atom. The molecule has 0 fully saturated rings. The van der Waals surface area contributed by atoms with Gasteiger partial charge in [0.2, 0.25) is 0 Å². The lowest BCUT2D eigenvalue weighted by atomic mass is 9.85. The summed E-state index contributed by atoms with van der Waals surface area (Å²) in [5, 5.41) is 38.8. The number of hydrogen-bond acceptors (Lipinski definition) is 4. The van der Waals surface area contributed by atoms with E-state index >= 15 is 0 Å². The Balaban J connectivity index is 3.25. The Bertz CT molecular complexity index is 941. The van der Waals surface area contributed by atoms with E-state index in [-0.39, 0.29) is 22.3 Å². The highest BCUT2D eigenvalue weighted by atomic mass is 14.3. The third-order valence-corrected chi connectivity index (χ3v) is 3.86. The Morgan fingerprint density at radius 2 is 1.27 bits per heavy atom. The first kappa shape index (κ1) is 15.1. The van der Waals surface area contributed by atoms with Crippen molar-refractivity contribution in [2.45, 2.75) is 26.7 Å². The standard InChI is InChI=1S/C18H12N4/c1-3-11-5-6-13-14(7-19)15(8-20)16(9-21)17(10-22)18(13)12(11)4-2/h5-6H,3-4H2,1-2H3. The summed E-state index contributed by atoms with van der Waals surface area (Å²) in [5.74, 6) is 0. The van der Waals surface area contributed by atoms with Crippen LogP contribution in [0.25, 0.3) is 10.8 Å². The van der Waals surface area contributed by atoms with E-state index in [1.165, 1.54) is 0 Å². The van der Waals surface area contributed by atoms with Crippen LogP contribution in [0, 0.1) is 45.3 Å². The van der Waals surface area contributed by atoms with Gasteiger partial charge in [-0.15, -0.1) is 0 Å². The molecule has 0 saturated heterocycles. The highest BCUT2D eigenvalue weighted by Gasteiger charge is 2.22. The monoisotopic (exact) mass is 284 g/mol. The molecular weight excluding hydrogens is 272 g/mol. The summed E-state index contributed by atoms with van der Waals surface area (Å²) in [7, 11) is 0. The van der Waals surface area contributed by atoms with Crippen LogP contribution < -0.4 is 0 Å². The molecule has 0 radical (unpaired) electrons. The molecule has 0 aromatic heterocycles. The minimum atomic E-state index is -0.0136. The van der Waals surface area contributed by atoms with E-state index in [0.29, 0.717) is 17.2 Å². The Morgan fingerprint density at radius 3 is 1.73 bits per heavy atom. The maximum absolute atomic E-state index is 9.52. The second kappa shape index (κ2) is 5.97. The Kier molecular flexibility index (Phi) is 4.08. The molecule has 0 bridgehead atoms. The van der Waals surface area contributed by atoms with Crippen molar-refractivity contribution in [3.8, 4) is 24.3 Å². The molecule has 22 heavy (non-hydrogen) atoms. The quantitative estimate of drug-likeness (QED) is 0.843. The zero-order valence-corrected chi connectivity index (χ0v) is 12.4. The lowest BCUT2D eigenvalue weighted by Crippen LogP contribution is -2.02. The van der Waals surface area contributed by atoms with Gasteiger partial charge in [0.1, 0.15) is 24.3 Å². The van der Waals surface area contributed by atoms with Gasteiger partial charge in [-0.25, -0.2) is 0 Å². The molecule has 0 atom stereocenters. The number of aryl methyl sites for hydroxylation is 2. The van der Waals surface area contributed by atoms with E-state index in [4.69, 9.17) is 0 Å². The number of hydrogen-bond donors (Lipinski definition) is 0. The molecule has 0 spiro atoms. The third kappa shape index (κ3) is 1.96. The van der Waals surface area contributed by atoms with Gasteiger partial charge in [0.25, 0.3) is 0 Å².